The van der Waals surface area contributed by atoms with E-state index in [9.17, 15) is 4.79 Å². The quantitative estimate of drug-likeness (QED) is 0.314. The zero-order valence-corrected chi connectivity index (χ0v) is 23.7. The van der Waals surface area contributed by atoms with Crippen LogP contribution in [0.15, 0.2) is 79.0 Å². The lowest BCUT2D eigenvalue weighted by Crippen LogP contribution is -2.50. The van der Waals surface area contributed by atoms with Gasteiger partial charge in [-0.2, -0.15) is 0 Å². The fourth-order valence-electron chi connectivity index (χ4n) is 6.59. The summed E-state index contributed by atoms with van der Waals surface area (Å²) in [5.74, 6) is 2.44. The maximum atomic E-state index is 13.6. The van der Waals surface area contributed by atoms with Gasteiger partial charge in [0, 0.05) is 51.3 Å². The molecule has 0 N–H and O–H groups in total. The number of nitrogens with zero attached hydrogens (tertiary/aromatic N) is 4. The van der Waals surface area contributed by atoms with Crippen LogP contribution < -0.4 is 4.74 Å². The molecule has 4 aromatic rings. The molecule has 1 aromatic heterocycles. The number of aryl methyl sites for hydroxylation is 3. The highest BCUT2D eigenvalue weighted by molar-refractivity contribution is 5.92. The van der Waals surface area contributed by atoms with Crippen LogP contribution >= 0.6 is 0 Å². The average molecular weight is 535 g/mol. The second-order valence-electron chi connectivity index (χ2n) is 11.2. The predicted molar refractivity (Wildman–Crippen MR) is 158 cm³/mol. The fourth-order valence-corrected chi connectivity index (χ4v) is 6.59. The summed E-state index contributed by atoms with van der Waals surface area (Å²) in [5.41, 5.74) is 6.83. The Morgan fingerprint density at radius 3 is 2.08 bits per heavy atom. The zero-order chi connectivity index (χ0) is 27.6. The maximum absolute atomic E-state index is 13.6. The number of ether oxygens (including phenoxy) is 1. The molecule has 206 valence electrons. The summed E-state index contributed by atoms with van der Waals surface area (Å²) in [6.45, 7) is 8.12. The van der Waals surface area contributed by atoms with E-state index in [2.05, 4.69) is 96.1 Å². The molecule has 40 heavy (non-hydrogen) atoms. The number of imidazole rings is 1. The Morgan fingerprint density at radius 2 is 1.50 bits per heavy atom. The van der Waals surface area contributed by atoms with Crippen molar-refractivity contribution < 1.29 is 9.53 Å². The number of methoxy groups -OCH3 is 1. The van der Waals surface area contributed by atoms with Crippen molar-refractivity contribution in [2.45, 2.75) is 45.2 Å². The molecule has 0 bridgehead atoms. The summed E-state index contributed by atoms with van der Waals surface area (Å²) >= 11 is 0. The van der Waals surface area contributed by atoms with Gasteiger partial charge in [-0.1, -0.05) is 72.8 Å². The maximum Gasteiger partial charge on any atom is 0.274 e. The van der Waals surface area contributed by atoms with Crippen LogP contribution in [0.3, 0.4) is 0 Å². The fraction of sp³-hybridized carbons (Fsp3) is 0.353. The molecule has 0 radical (unpaired) electrons. The van der Waals surface area contributed by atoms with E-state index < -0.39 is 0 Å². The molecule has 1 atom stereocenters. The average Bonchev–Trinajstić information content (AvgIpc) is 3.42. The molecule has 6 rings (SSSR count). The number of fused-ring (bicyclic) bond motifs is 1. The van der Waals surface area contributed by atoms with Gasteiger partial charge in [0.05, 0.1) is 13.2 Å². The molecule has 1 fully saturated rings. The molecule has 1 saturated heterocycles. The van der Waals surface area contributed by atoms with E-state index in [0.29, 0.717) is 24.7 Å². The van der Waals surface area contributed by atoms with Crippen LogP contribution in [0.4, 0.5) is 0 Å². The molecule has 0 aliphatic carbocycles. The second kappa shape index (κ2) is 11.3. The molecule has 3 aromatic carbocycles. The van der Waals surface area contributed by atoms with Gasteiger partial charge in [-0.3, -0.25) is 9.69 Å². The van der Waals surface area contributed by atoms with Crippen LogP contribution in [-0.4, -0.2) is 58.5 Å². The molecule has 1 amide bonds. The van der Waals surface area contributed by atoms with Gasteiger partial charge in [0.15, 0.2) is 0 Å². The normalized spacial score (nSPS) is 17.6. The number of hydrogen-bond donors (Lipinski definition) is 0. The summed E-state index contributed by atoms with van der Waals surface area (Å²) < 4.78 is 7.77. The number of aromatic nitrogens is 2. The van der Waals surface area contributed by atoms with Crippen molar-refractivity contribution in [2.24, 2.45) is 0 Å². The summed E-state index contributed by atoms with van der Waals surface area (Å²) in [7, 11) is 1.73. The van der Waals surface area contributed by atoms with Crippen molar-refractivity contribution in [1.82, 2.24) is 19.4 Å². The lowest BCUT2D eigenvalue weighted by molar-refractivity contribution is 0.0592. The molecular weight excluding hydrogens is 496 g/mol. The van der Waals surface area contributed by atoms with Gasteiger partial charge in [-0.25, -0.2) is 4.98 Å². The lowest BCUT2D eigenvalue weighted by Gasteiger charge is -2.39. The summed E-state index contributed by atoms with van der Waals surface area (Å²) in [4.78, 5) is 22.8. The minimum atomic E-state index is 0.0465. The highest BCUT2D eigenvalue weighted by atomic mass is 16.5. The third-order valence-corrected chi connectivity index (χ3v) is 8.57. The van der Waals surface area contributed by atoms with Crippen molar-refractivity contribution in [3.8, 4) is 5.75 Å². The zero-order valence-electron chi connectivity index (χ0n) is 23.7. The summed E-state index contributed by atoms with van der Waals surface area (Å²) in [6.07, 6.45) is 3.90. The Balaban J connectivity index is 1.14. The SMILES string of the molecule is COc1c(C)cc([C@@H]2CCc3nc(C(=O)N4CCN(C(c5ccccc5)c5ccccc5)CC4)cn3C2)cc1C. The third-order valence-electron chi connectivity index (χ3n) is 8.57. The smallest absolute Gasteiger partial charge is 0.274 e. The van der Waals surface area contributed by atoms with Crippen molar-refractivity contribution in [3.05, 3.63) is 118 Å². The van der Waals surface area contributed by atoms with Gasteiger partial charge in [0.1, 0.15) is 17.3 Å². The number of carbonyl (C=O) groups is 1. The summed E-state index contributed by atoms with van der Waals surface area (Å²) in [5, 5.41) is 0. The van der Waals surface area contributed by atoms with Gasteiger partial charge < -0.3 is 14.2 Å². The van der Waals surface area contributed by atoms with Crippen molar-refractivity contribution in [2.75, 3.05) is 33.3 Å². The van der Waals surface area contributed by atoms with Crippen LogP contribution in [0.25, 0.3) is 0 Å². The molecule has 0 saturated carbocycles. The number of carbonyl (C=O) groups excluding carboxylic acids is 1. The van der Waals surface area contributed by atoms with E-state index in [1.54, 1.807) is 7.11 Å². The number of hydrogen-bond acceptors (Lipinski definition) is 4. The second-order valence-corrected chi connectivity index (χ2v) is 11.2. The highest BCUT2D eigenvalue weighted by Gasteiger charge is 2.31. The Bertz CT molecular complexity index is 1410. The van der Waals surface area contributed by atoms with Crippen LogP contribution in [0, 0.1) is 13.8 Å². The van der Waals surface area contributed by atoms with E-state index in [1.165, 1.54) is 27.8 Å². The van der Waals surface area contributed by atoms with E-state index in [-0.39, 0.29) is 11.9 Å². The Hall–Kier alpha value is -3.90. The minimum absolute atomic E-state index is 0.0465. The number of benzene rings is 3. The van der Waals surface area contributed by atoms with E-state index in [4.69, 9.17) is 9.72 Å². The summed E-state index contributed by atoms with van der Waals surface area (Å²) in [6, 6.07) is 26.0. The first kappa shape index (κ1) is 26.3. The first-order valence-electron chi connectivity index (χ1n) is 14.4. The van der Waals surface area contributed by atoms with Crippen LogP contribution in [-0.2, 0) is 13.0 Å². The standard InChI is InChI=1S/C34H38N4O2/c1-24-20-29(21-25(2)33(24)40-3)28-14-15-31-35-30(23-38(31)22-28)34(39)37-18-16-36(17-19-37)32(26-10-6-4-7-11-26)27-12-8-5-9-13-27/h4-13,20-21,23,28,32H,14-19,22H2,1-3H3/t28-/m1/s1. The van der Waals surface area contributed by atoms with Crippen LogP contribution in [0.5, 0.6) is 5.75 Å². The first-order valence-corrected chi connectivity index (χ1v) is 14.4. The Morgan fingerprint density at radius 1 is 0.900 bits per heavy atom. The Labute approximate surface area is 237 Å². The molecule has 3 heterocycles. The van der Waals surface area contributed by atoms with Gasteiger partial charge in [-0.15, -0.1) is 0 Å². The minimum Gasteiger partial charge on any atom is -0.496 e. The van der Waals surface area contributed by atoms with Crippen LogP contribution in [0.1, 0.15) is 62.5 Å². The molecule has 6 heteroatoms. The Kier molecular flexibility index (Phi) is 7.44. The van der Waals surface area contributed by atoms with Gasteiger partial charge in [0.2, 0.25) is 0 Å². The topological polar surface area (TPSA) is 50.6 Å². The lowest BCUT2D eigenvalue weighted by atomic mass is 9.89. The van der Waals surface area contributed by atoms with Gasteiger partial charge >= 0.3 is 0 Å². The highest BCUT2D eigenvalue weighted by Crippen LogP contribution is 2.34. The third kappa shape index (κ3) is 5.16. The molecule has 2 aliphatic heterocycles. The van der Waals surface area contributed by atoms with Crippen molar-refractivity contribution in [3.63, 3.8) is 0 Å². The van der Waals surface area contributed by atoms with E-state index in [1.807, 2.05) is 11.1 Å². The molecule has 0 spiro atoms. The molecular formula is C34H38N4O2. The van der Waals surface area contributed by atoms with Gasteiger partial charge in [0.25, 0.3) is 5.91 Å². The molecule has 2 aliphatic rings. The van der Waals surface area contributed by atoms with E-state index in [0.717, 1.165) is 44.0 Å². The number of amides is 1. The van der Waals surface area contributed by atoms with Crippen LogP contribution in [0.2, 0.25) is 0 Å². The largest absolute Gasteiger partial charge is 0.496 e. The predicted octanol–water partition coefficient (Wildman–Crippen LogP) is 5.79. The molecule has 0 unspecified atom stereocenters. The monoisotopic (exact) mass is 534 g/mol. The van der Waals surface area contributed by atoms with Crippen molar-refractivity contribution >= 4 is 5.91 Å². The van der Waals surface area contributed by atoms with Crippen molar-refractivity contribution in [1.29, 1.82) is 0 Å². The number of rotatable bonds is 6. The number of piperazine rings is 1. The van der Waals surface area contributed by atoms with E-state index >= 15 is 0 Å². The van der Waals surface area contributed by atoms with Gasteiger partial charge in [-0.05, 0) is 48.1 Å². The first-order chi connectivity index (χ1) is 19.5. The molecule has 6 nitrogen and oxygen atoms in total.